The number of fused-ring (bicyclic) bond motifs is 1. The first-order valence-corrected chi connectivity index (χ1v) is 3.72. The number of hydrogen-bond acceptors (Lipinski definition) is 3. The van der Waals surface area contributed by atoms with Crippen molar-refractivity contribution in [3.63, 3.8) is 0 Å². The summed E-state index contributed by atoms with van der Waals surface area (Å²) in [7, 11) is 0. The topological polar surface area (TPSA) is 70.1 Å². The van der Waals surface area contributed by atoms with Crippen LogP contribution in [0.1, 0.15) is 11.3 Å². The lowest BCUT2D eigenvalue weighted by Crippen LogP contribution is -2.25. The van der Waals surface area contributed by atoms with E-state index in [1.54, 1.807) is 6.20 Å². The molecule has 0 saturated carbocycles. The number of nitrogens with zero attached hydrogens (tertiary/aromatic N) is 2. The van der Waals surface area contributed by atoms with Crippen molar-refractivity contribution in [1.82, 2.24) is 9.78 Å². The van der Waals surface area contributed by atoms with E-state index >= 15 is 0 Å². The number of carbonyl (C=O) groups is 1. The molecule has 0 aliphatic carbocycles. The Morgan fingerprint density at radius 2 is 2.58 bits per heavy atom. The number of carbonyl (C=O) groups excluding carboxylic acids is 1. The molecular weight excluding hydrogens is 158 g/mol. The fourth-order valence-corrected chi connectivity index (χ4v) is 1.34. The summed E-state index contributed by atoms with van der Waals surface area (Å²) in [6.45, 7) is 1.16. The molecule has 5 heteroatoms. The fourth-order valence-electron chi connectivity index (χ4n) is 1.34. The van der Waals surface area contributed by atoms with E-state index in [4.69, 9.17) is 10.5 Å². The quantitative estimate of drug-likeness (QED) is 0.585. The molecule has 0 bridgehead atoms. The van der Waals surface area contributed by atoms with E-state index in [1.165, 1.54) is 4.68 Å². The highest BCUT2D eigenvalue weighted by atomic mass is 16.5. The fraction of sp³-hybridized carbons (Fsp3) is 0.429. The van der Waals surface area contributed by atoms with E-state index in [2.05, 4.69) is 5.10 Å². The molecule has 1 aliphatic rings. The lowest BCUT2D eigenvalue weighted by molar-refractivity contribution is 0.109. The molecule has 1 aromatic heterocycles. The Hall–Kier alpha value is -1.36. The second kappa shape index (κ2) is 2.60. The van der Waals surface area contributed by atoms with Crippen molar-refractivity contribution >= 4 is 6.03 Å². The number of ether oxygens (including phenoxy) is 1. The van der Waals surface area contributed by atoms with E-state index in [9.17, 15) is 4.79 Å². The van der Waals surface area contributed by atoms with Gasteiger partial charge >= 0.3 is 6.03 Å². The zero-order valence-electron chi connectivity index (χ0n) is 6.49. The van der Waals surface area contributed by atoms with Gasteiger partial charge in [-0.3, -0.25) is 0 Å². The first-order chi connectivity index (χ1) is 5.79. The van der Waals surface area contributed by atoms with Gasteiger partial charge in [0.1, 0.15) is 0 Å². The highest BCUT2D eigenvalue weighted by Gasteiger charge is 2.17. The predicted molar refractivity (Wildman–Crippen MR) is 40.6 cm³/mol. The van der Waals surface area contributed by atoms with Crippen LogP contribution in [0.15, 0.2) is 6.20 Å². The molecule has 0 spiro atoms. The van der Waals surface area contributed by atoms with Crippen LogP contribution in [0.2, 0.25) is 0 Å². The summed E-state index contributed by atoms with van der Waals surface area (Å²) in [5, 5.41) is 3.86. The highest BCUT2D eigenvalue weighted by Crippen LogP contribution is 2.15. The zero-order chi connectivity index (χ0) is 8.55. The Morgan fingerprint density at radius 1 is 1.75 bits per heavy atom. The van der Waals surface area contributed by atoms with Crippen molar-refractivity contribution in [3.05, 3.63) is 17.5 Å². The van der Waals surface area contributed by atoms with Gasteiger partial charge in [-0.2, -0.15) is 9.78 Å². The maximum atomic E-state index is 10.8. The van der Waals surface area contributed by atoms with Crippen LogP contribution in [0.4, 0.5) is 4.79 Å². The minimum absolute atomic E-state index is 0.529. The first kappa shape index (κ1) is 7.30. The Labute approximate surface area is 69.1 Å². The van der Waals surface area contributed by atoms with E-state index in [0.717, 1.165) is 11.3 Å². The van der Waals surface area contributed by atoms with Crippen LogP contribution in [0.25, 0.3) is 0 Å². The molecule has 5 nitrogen and oxygen atoms in total. The van der Waals surface area contributed by atoms with Crippen LogP contribution >= 0.6 is 0 Å². The van der Waals surface area contributed by atoms with Gasteiger partial charge in [-0.05, 0) is 0 Å². The Balaban J connectivity index is 2.44. The first-order valence-electron chi connectivity index (χ1n) is 3.72. The van der Waals surface area contributed by atoms with Crippen molar-refractivity contribution in [2.45, 2.75) is 13.0 Å². The van der Waals surface area contributed by atoms with E-state index in [-0.39, 0.29) is 0 Å². The molecule has 1 aliphatic heterocycles. The summed E-state index contributed by atoms with van der Waals surface area (Å²) in [4.78, 5) is 10.8. The van der Waals surface area contributed by atoms with Crippen molar-refractivity contribution in [3.8, 4) is 0 Å². The molecule has 0 aromatic carbocycles. The molecule has 1 amide bonds. The molecule has 2 heterocycles. The second-order valence-electron chi connectivity index (χ2n) is 2.67. The monoisotopic (exact) mass is 167 g/mol. The summed E-state index contributed by atoms with van der Waals surface area (Å²) >= 11 is 0. The van der Waals surface area contributed by atoms with Crippen molar-refractivity contribution in [1.29, 1.82) is 0 Å². The van der Waals surface area contributed by atoms with Gasteiger partial charge in [0.25, 0.3) is 0 Å². The number of hydrogen-bond donors (Lipinski definition) is 1. The van der Waals surface area contributed by atoms with E-state index in [1.807, 2.05) is 0 Å². The zero-order valence-corrected chi connectivity index (χ0v) is 6.49. The summed E-state index contributed by atoms with van der Waals surface area (Å²) in [6, 6.07) is -0.529. The molecule has 0 fully saturated rings. The molecular formula is C7H9N3O2. The van der Waals surface area contributed by atoms with Crippen LogP contribution in [0.3, 0.4) is 0 Å². The smallest absolute Gasteiger partial charge is 0.339 e. The van der Waals surface area contributed by atoms with Gasteiger partial charge in [0.15, 0.2) is 0 Å². The summed E-state index contributed by atoms with van der Waals surface area (Å²) < 4.78 is 6.42. The van der Waals surface area contributed by atoms with Crippen LogP contribution in [-0.2, 0) is 17.8 Å². The second-order valence-corrected chi connectivity index (χ2v) is 2.67. The van der Waals surface area contributed by atoms with Gasteiger partial charge < -0.3 is 10.5 Å². The lowest BCUT2D eigenvalue weighted by Gasteiger charge is -2.12. The minimum Gasteiger partial charge on any atom is -0.376 e. The molecule has 0 unspecified atom stereocenters. The molecule has 0 saturated heterocycles. The minimum atomic E-state index is -0.529. The number of primary amides is 1. The van der Waals surface area contributed by atoms with Crippen molar-refractivity contribution in [2.24, 2.45) is 5.73 Å². The molecule has 0 radical (unpaired) electrons. The average Bonchev–Trinajstić information content (AvgIpc) is 2.47. The van der Waals surface area contributed by atoms with Crippen molar-refractivity contribution in [2.75, 3.05) is 6.61 Å². The number of amides is 1. The van der Waals surface area contributed by atoms with Crippen LogP contribution in [0, 0.1) is 0 Å². The summed E-state index contributed by atoms with van der Waals surface area (Å²) in [5.41, 5.74) is 6.94. The maximum absolute atomic E-state index is 10.8. The van der Waals surface area contributed by atoms with Crippen LogP contribution in [-0.4, -0.2) is 22.4 Å². The van der Waals surface area contributed by atoms with Gasteiger partial charge in [-0.15, -0.1) is 0 Å². The third-order valence-electron chi connectivity index (χ3n) is 1.90. The maximum Gasteiger partial charge on any atom is 0.339 e. The van der Waals surface area contributed by atoms with E-state index in [0.29, 0.717) is 19.6 Å². The highest BCUT2D eigenvalue weighted by molar-refractivity contribution is 5.74. The SMILES string of the molecule is NC(=O)n1ncc2c1CCOC2. The average molecular weight is 167 g/mol. The van der Waals surface area contributed by atoms with Crippen LogP contribution < -0.4 is 5.73 Å². The van der Waals surface area contributed by atoms with Gasteiger partial charge in [0.05, 0.1) is 25.1 Å². The molecule has 1 aromatic rings. The predicted octanol–water partition coefficient (Wildman–Crippen LogP) is -0.117. The number of aromatic nitrogens is 2. The molecule has 0 atom stereocenters. The Morgan fingerprint density at radius 3 is 3.33 bits per heavy atom. The Kier molecular flexibility index (Phi) is 1.58. The molecule has 64 valence electrons. The summed E-state index contributed by atoms with van der Waals surface area (Å²) in [5.74, 6) is 0. The Bertz CT molecular complexity index is 318. The number of rotatable bonds is 0. The van der Waals surface area contributed by atoms with Gasteiger partial charge in [0, 0.05) is 12.0 Å². The van der Waals surface area contributed by atoms with Gasteiger partial charge in [-0.1, -0.05) is 0 Å². The normalized spacial score (nSPS) is 15.7. The summed E-state index contributed by atoms with van der Waals surface area (Å²) in [6.07, 6.45) is 2.33. The molecule has 2 rings (SSSR count). The third kappa shape index (κ3) is 0.984. The number of nitrogens with two attached hydrogens (primary N) is 1. The largest absolute Gasteiger partial charge is 0.376 e. The van der Waals surface area contributed by atoms with Gasteiger partial charge in [0.2, 0.25) is 0 Å². The molecule has 2 N–H and O–H groups in total. The molecule has 12 heavy (non-hydrogen) atoms. The van der Waals surface area contributed by atoms with Crippen LogP contribution in [0.5, 0.6) is 0 Å². The van der Waals surface area contributed by atoms with E-state index < -0.39 is 6.03 Å². The van der Waals surface area contributed by atoms with Gasteiger partial charge in [-0.25, -0.2) is 4.79 Å². The lowest BCUT2D eigenvalue weighted by atomic mass is 10.2. The third-order valence-corrected chi connectivity index (χ3v) is 1.90. The standard InChI is InChI=1S/C7H9N3O2/c8-7(11)10-6-1-2-12-4-5(6)3-9-10/h3H,1-2,4H2,(H2,8,11). The van der Waals surface area contributed by atoms with Crippen molar-refractivity contribution < 1.29 is 9.53 Å².